The molecule has 0 unspecified atom stereocenters. The van der Waals surface area contributed by atoms with Crippen molar-refractivity contribution in [1.29, 1.82) is 0 Å². The maximum absolute atomic E-state index is 12.8. The molecule has 2 heterocycles. The first kappa shape index (κ1) is 20.1. The molecule has 9 nitrogen and oxygen atoms in total. The van der Waals surface area contributed by atoms with Crippen LogP contribution in [0.25, 0.3) is 11.1 Å². The third-order valence-corrected chi connectivity index (χ3v) is 4.68. The van der Waals surface area contributed by atoms with Gasteiger partial charge in [0.25, 0.3) is 0 Å². The molecule has 0 saturated heterocycles. The lowest BCUT2D eigenvalue weighted by molar-refractivity contribution is -0.137. The summed E-state index contributed by atoms with van der Waals surface area (Å²) in [6.07, 6.45) is 0. The number of para-hydroxylation sites is 4. The number of nitrogens with zero attached hydrogens (tertiary/aromatic N) is 2. The van der Waals surface area contributed by atoms with Gasteiger partial charge in [-0.2, -0.15) is 0 Å². The van der Waals surface area contributed by atoms with Crippen molar-refractivity contribution in [2.45, 2.75) is 20.4 Å². The molecular formula is C22H20N4O5. The van der Waals surface area contributed by atoms with Gasteiger partial charge >= 0.3 is 11.7 Å². The SMILES string of the molecule is CCOC(=O)C1=C(C)Nc2ccccc2N=C1NC(=O)Cn1c(=O)oc2ccccc21. The molecule has 0 spiro atoms. The van der Waals surface area contributed by atoms with Crippen molar-refractivity contribution in [2.75, 3.05) is 11.9 Å². The first-order valence-corrected chi connectivity index (χ1v) is 9.69. The molecule has 0 bridgehead atoms. The summed E-state index contributed by atoms with van der Waals surface area (Å²) in [5, 5.41) is 5.80. The van der Waals surface area contributed by atoms with Crippen LogP contribution >= 0.6 is 0 Å². The summed E-state index contributed by atoms with van der Waals surface area (Å²) < 4.78 is 11.5. The van der Waals surface area contributed by atoms with Crippen LogP contribution in [0.3, 0.4) is 0 Å². The minimum atomic E-state index is -0.650. The van der Waals surface area contributed by atoms with Gasteiger partial charge in [-0.3, -0.25) is 9.36 Å². The van der Waals surface area contributed by atoms with Crippen LogP contribution in [0.5, 0.6) is 0 Å². The van der Waals surface area contributed by atoms with E-state index in [4.69, 9.17) is 9.15 Å². The van der Waals surface area contributed by atoms with Gasteiger partial charge in [-0.15, -0.1) is 0 Å². The molecule has 1 aliphatic rings. The normalized spacial score (nSPS) is 13.2. The van der Waals surface area contributed by atoms with Gasteiger partial charge in [-0.25, -0.2) is 14.6 Å². The Kier molecular flexibility index (Phi) is 5.40. The number of hydrogen-bond donors (Lipinski definition) is 2. The summed E-state index contributed by atoms with van der Waals surface area (Å²) in [5.41, 5.74) is 2.69. The third-order valence-electron chi connectivity index (χ3n) is 4.68. The number of rotatable bonds is 4. The van der Waals surface area contributed by atoms with Crippen molar-refractivity contribution in [2.24, 2.45) is 4.99 Å². The zero-order chi connectivity index (χ0) is 22.0. The fourth-order valence-electron chi connectivity index (χ4n) is 3.32. The van der Waals surface area contributed by atoms with Crippen molar-refractivity contribution in [1.82, 2.24) is 9.88 Å². The molecule has 0 fully saturated rings. The molecule has 0 atom stereocenters. The number of fused-ring (bicyclic) bond motifs is 2. The van der Waals surface area contributed by atoms with E-state index in [0.29, 0.717) is 28.2 Å². The van der Waals surface area contributed by atoms with Gasteiger partial charge in [0.15, 0.2) is 5.58 Å². The second kappa shape index (κ2) is 8.31. The monoisotopic (exact) mass is 420 g/mol. The van der Waals surface area contributed by atoms with Crippen LogP contribution in [0.2, 0.25) is 0 Å². The standard InChI is InChI=1S/C22H20N4O5/c1-3-30-21(28)19-13(2)23-14-8-4-5-9-15(14)24-20(19)25-18(27)12-26-16-10-6-7-11-17(16)31-22(26)29/h4-11,23H,3,12H2,1-2H3,(H,24,25,27). The molecule has 2 aromatic carbocycles. The zero-order valence-electron chi connectivity index (χ0n) is 17.0. The number of carbonyl (C=O) groups excluding carboxylic acids is 2. The molecule has 0 saturated carbocycles. The molecular weight excluding hydrogens is 400 g/mol. The number of ether oxygens (including phenoxy) is 1. The fraction of sp³-hybridized carbons (Fsp3) is 0.182. The number of nitrogens with one attached hydrogen (secondary N) is 2. The lowest BCUT2D eigenvalue weighted by Gasteiger charge is -2.13. The summed E-state index contributed by atoms with van der Waals surface area (Å²) >= 11 is 0. The first-order valence-electron chi connectivity index (χ1n) is 9.69. The quantitative estimate of drug-likeness (QED) is 0.627. The average Bonchev–Trinajstić information content (AvgIpc) is 2.96. The Bertz CT molecular complexity index is 1300. The van der Waals surface area contributed by atoms with E-state index in [2.05, 4.69) is 15.6 Å². The smallest absolute Gasteiger partial charge is 0.420 e. The number of benzene rings is 2. The number of amidine groups is 1. The highest BCUT2D eigenvalue weighted by Crippen LogP contribution is 2.30. The Hall–Kier alpha value is -4.14. The number of hydrogen-bond acceptors (Lipinski definition) is 7. The maximum Gasteiger partial charge on any atom is 0.420 e. The van der Waals surface area contributed by atoms with Crippen LogP contribution in [0.1, 0.15) is 13.8 Å². The number of aliphatic imine (C=N–C) groups is 1. The summed E-state index contributed by atoms with van der Waals surface area (Å²) in [4.78, 5) is 42.1. The number of amides is 1. The summed E-state index contributed by atoms with van der Waals surface area (Å²) in [6, 6.07) is 14.0. The number of aromatic nitrogens is 1. The molecule has 3 aromatic rings. The molecule has 0 aliphatic carbocycles. The lowest BCUT2D eigenvalue weighted by Crippen LogP contribution is -2.38. The van der Waals surface area contributed by atoms with E-state index < -0.39 is 17.6 Å². The van der Waals surface area contributed by atoms with E-state index in [9.17, 15) is 14.4 Å². The highest BCUT2D eigenvalue weighted by Gasteiger charge is 2.26. The number of oxazole rings is 1. The molecule has 1 aromatic heterocycles. The predicted octanol–water partition coefficient (Wildman–Crippen LogP) is 2.70. The number of carbonyl (C=O) groups is 2. The summed E-state index contributed by atoms with van der Waals surface area (Å²) in [7, 11) is 0. The minimum absolute atomic E-state index is 0.0410. The first-order chi connectivity index (χ1) is 15.0. The highest BCUT2D eigenvalue weighted by molar-refractivity contribution is 6.24. The Morgan fingerprint density at radius 1 is 1.16 bits per heavy atom. The number of allylic oxidation sites excluding steroid dienone is 1. The second-order valence-corrected chi connectivity index (χ2v) is 6.79. The van der Waals surface area contributed by atoms with E-state index in [-0.39, 0.29) is 24.6 Å². The largest absolute Gasteiger partial charge is 0.462 e. The fourth-order valence-corrected chi connectivity index (χ4v) is 3.32. The van der Waals surface area contributed by atoms with E-state index in [1.807, 2.05) is 12.1 Å². The van der Waals surface area contributed by atoms with Crippen LogP contribution in [0, 0.1) is 0 Å². The Balaban J connectivity index is 1.69. The summed E-state index contributed by atoms with van der Waals surface area (Å²) in [6.45, 7) is 3.25. The van der Waals surface area contributed by atoms with Crippen molar-refractivity contribution < 1.29 is 18.7 Å². The van der Waals surface area contributed by atoms with Crippen molar-refractivity contribution in [3.8, 4) is 0 Å². The van der Waals surface area contributed by atoms with Crippen LogP contribution in [-0.2, 0) is 20.9 Å². The van der Waals surface area contributed by atoms with Crippen LogP contribution in [-0.4, -0.2) is 28.9 Å². The van der Waals surface area contributed by atoms with Crippen molar-refractivity contribution in [3.05, 3.63) is 70.4 Å². The number of anilines is 1. The van der Waals surface area contributed by atoms with Crippen LogP contribution in [0.4, 0.5) is 11.4 Å². The Labute approximate surface area is 177 Å². The van der Waals surface area contributed by atoms with Gasteiger partial charge < -0.3 is 19.8 Å². The van der Waals surface area contributed by atoms with E-state index in [1.54, 1.807) is 50.2 Å². The van der Waals surface area contributed by atoms with Crippen LogP contribution < -0.4 is 16.4 Å². The Morgan fingerprint density at radius 2 is 1.90 bits per heavy atom. The number of esters is 1. The Morgan fingerprint density at radius 3 is 2.71 bits per heavy atom. The average molecular weight is 420 g/mol. The maximum atomic E-state index is 12.8. The zero-order valence-corrected chi connectivity index (χ0v) is 17.0. The highest BCUT2D eigenvalue weighted by atomic mass is 16.5. The van der Waals surface area contributed by atoms with E-state index in [1.165, 1.54) is 4.57 Å². The molecule has 0 radical (unpaired) electrons. The predicted molar refractivity (Wildman–Crippen MR) is 115 cm³/mol. The lowest BCUT2D eigenvalue weighted by atomic mass is 10.2. The molecule has 9 heteroatoms. The van der Waals surface area contributed by atoms with Gasteiger partial charge in [0, 0.05) is 5.70 Å². The van der Waals surface area contributed by atoms with Crippen molar-refractivity contribution >= 4 is 40.2 Å². The van der Waals surface area contributed by atoms with Gasteiger partial charge in [0.05, 0.1) is 23.5 Å². The molecule has 2 N–H and O–H groups in total. The molecule has 31 heavy (non-hydrogen) atoms. The molecule has 1 amide bonds. The van der Waals surface area contributed by atoms with Crippen LogP contribution in [0.15, 0.2) is 74.0 Å². The van der Waals surface area contributed by atoms with Crippen molar-refractivity contribution in [3.63, 3.8) is 0 Å². The minimum Gasteiger partial charge on any atom is -0.462 e. The van der Waals surface area contributed by atoms with E-state index in [0.717, 1.165) is 0 Å². The summed E-state index contributed by atoms with van der Waals surface area (Å²) in [5.74, 6) is -1.77. The topological polar surface area (TPSA) is 115 Å². The molecule has 4 rings (SSSR count). The van der Waals surface area contributed by atoms with Gasteiger partial charge in [-0.1, -0.05) is 24.3 Å². The molecule has 1 aliphatic heterocycles. The van der Waals surface area contributed by atoms with Gasteiger partial charge in [0.1, 0.15) is 18.0 Å². The van der Waals surface area contributed by atoms with E-state index >= 15 is 0 Å². The molecule has 158 valence electrons. The third kappa shape index (κ3) is 3.97. The van der Waals surface area contributed by atoms with Gasteiger partial charge in [0.2, 0.25) is 5.91 Å². The van der Waals surface area contributed by atoms with Gasteiger partial charge in [-0.05, 0) is 38.1 Å². The second-order valence-electron chi connectivity index (χ2n) is 6.79.